The highest BCUT2D eigenvalue weighted by Crippen LogP contribution is 2.19. The smallest absolute Gasteiger partial charge is 0.250 e. The van der Waals surface area contributed by atoms with Crippen molar-refractivity contribution in [3.8, 4) is 0 Å². The van der Waals surface area contributed by atoms with E-state index in [1.54, 1.807) is 6.07 Å². The first-order valence-electron chi connectivity index (χ1n) is 5.64. The summed E-state index contributed by atoms with van der Waals surface area (Å²) in [7, 11) is 0. The minimum atomic E-state index is -0.448. The van der Waals surface area contributed by atoms with Gasteiger partial charge in [0, 0.05) is 36.7 Å². The molecule has 1 heterocycles. The largest absolute Gasteiger partial charge is 0.370 e. The van der Waals surface area contributed by atoms with E-state index in [0.717, 1.165) is 12.1 Å². The predicted octanol–water partition coefficient (Wildman–Crippen LogP) is 0.243. The Labute approximate surface area is 98.2 Å². The third-order valence-electron chi connectivity index (χ3n) is 2.99. The zero-order valence-electron chi connectivity index (χ0n) is 9.44. The van der Waals surface area contributed by atoms with Crippen LogP contribution in [0.4, 0.5) is 0 Å². The molecule has 0 spiro atoms. The van der Waals surface area contributed by atoms with Gasteiger partial charge in [-0.3, -0.25) is 14.4 Å². The highest BCUT2D eigenvalue weighted by molar-refractivity contribution is 5.97. The van der Waals surface area contributed by atoms with Gasteiger partial charge < -0.3 is 10.3 Å². The number of ketones is 1. The minimum Gasteiger partial charge on any atom is -0.370 e. The molecule has 0 saturated heterocycles. The molecule has 90 valence electrons. The number of Topliss-reactive ketones (excluding diaryl/α,β-unsaturated/α-hetero) is 1. The van der Waals surface area contributed by atoms with Gasteiger partial charge in [-0.25, -0.2) is 0 Å². The van der Waals surface area contributed by atoms with Gasteiger partial charge in [-0.2, -0.15) is 0 Å². The lowest BCUT2D eigenvalue weighted by Gasteiger charge is -2.19. The monoisotopic (exact) mass is 234 g/mol. The summed E-state index contributed by atoms with van der Waals surface area (Å²) in [4.78, 5) is 34.1. The number of fused-ring (bicyclic) bond motifs is 1. The second-order valence-corrected chi connectivity index (χ2v) is 4.18. The molecule has 0 radical (unpaired) electrons. The van der Waals surface area contributed by atoms with Crippen molar-refractivity contribution in [2.24, 2.45) is 5.73 Å². The maximum atomic E-state index is 11.7. The molecule has 2 rings (SSSR count). The maximum Gasteiger partial charge on any atom is 0.250 e. The zero-order chi connectivity index (χ0) is 12.4. The number of pyridine rings is 1. The van der Waals surface area contributed by atoms with E-state index in [0.29, 0.717) is 18.4 Å². The number of amides is 1. The van der Waals surface area contributed by atoms with Gasteiger partial charge in [-0.05, 0) is 18.9 Å². The molecule has 2 N–H and O–H groups in total. The molecule has 1 aliphatic carbocycles. The van der Waals surface area contributed by atoms with E-state index in [4.69, 9.17) is 5.73 Å². The van der Waals surface area contributed by atoms with Crippen molar-refractivity contribution >= 4 is 11.7 Å². The summed E-state index contributed by atoms with van der Waals surface area (Å²) in [6, 6.07) is 2.96. The summed E-state index contributed by atoms with van der Waals surface area (Å²) < 4.78 is 1.50. The molecule has 1 aromatic rings. The summed E-state index contributed by atoms with van der Waals surface area (Å²) >= 11 is 0. The number of nitrogens with zero attached hydrogens (tertiary/aromatic N) is 1. The molecule has 1 amide bonds. The molecule has 0 atom stereocenters. The van der Waals surface area contributed by atoms with E-state index in [-0.39, 0.29) is 24.3 Å². The van der Waals surface area contributed by atoms with Gasteiger partial charge in [-0.1, -0.05) is 0 Å². The fraction of sp³-hybridized carbons (Fsp3) is 0.417. The molecule has 1 aromatic heterocycles. The third-order valence-corrected chi connectivity index (χ3v) is 2.99. The summed E-state index contributed by atoms with van der Waals surface area (Å²) in [5, 5.41) is 0. The van der Waals surface area contributed by atoms with Crippen LogP contribution in [0.15, 0.2) is 16.9 Å². The molecular formula is C12H14N2O3. The second kappa shape index (κ2) is 4.53. The van der Waals surface area contributed by atoms with Gasteiger partial charge in [0.05, 0.1) is 0 Å². The maximum absolute atomic E-state index is 11.7. The van der Waals surface area contributed by atoms with Crippen molar-refractivity contribution in [3.63, 3.8) is 0 Å². The van der Waals surface area contributed by atoms with Crippen molar-refractivity contribution in [1.29, 1.82) is 0 Å². The quantitative estimate of drug-likeness (QED) is 0.813. The summed E-state index contributed by atoms with van der Waals surface area (Å²) in [6.07, 6.45) is 2.10. The molecule has 17 heavy (non-hydrogen) atoms. The van der Waals surface area contributed by atoms with Crippen LogP contribution in [0.3, 0.4) is 0 Å². The zero-order valence-corrected chi connectivity index (χ0v) is 9.44. The number of carbonyl (C=O) groups excluding carboxylic acids is 2. The van der Waals surface area contributed by atoms with Crippen LogP contribution in [0.25, 0.3) is 0 Å². The molecular weight excluding hydrogens is 220 g/mol. The topological polar surface area (TPSA) is 82.2 Å². The molecule has 0 saturated carbocycles. The van der Waals surface area contributed by atoms with Gasteiger partial charge in [0.15, 0.2) is 5.78 Å². The SMILES string of the molecule is NC(=O)CCn1c2c(ccc1=O)C(=O)CCC2. The van der Waals surface area contributed by atoms with Crippen LogP contribution in [0.5, 0.6) is 0 Å². The number of hydrogen-bond acceptors (Lipinski definition) is 3. The Balaban J connectivity index is 2.43. The molecule has 0 aromatic carbocycles. The average molecular weight is 234 g/mol. The van der Waals surface area contributed by atoms with Crippen LogP contribution < -0.4 is 11.3 Å². The van der Waals surface area contributed by atoms with Crippen molar-refractivity contribution in [2.45, 2.75) is 32.2 Å². The Morgan fingerprint density at radius 2 is 2.06 bits per heavy atom. The summed E-state index contributed by atoms with van der Waals surface area (Å²) in [5.74, 6) is -0.379. The van der Waals surface area contributed by atoms with Crippen molar-refractivity contribution < 1.29 is 9.59 Å². The normalized spacial score (nSPS) is 14.5. The Morgan fingerprint density at radius 1 is 1.29 bits per heavy atom. The van der Waals surface area contributed by atoms with Gasteiger partial charge in [0.2, 0.25) is 5.91 Å². The number of primary amides is 1. The van der Waals surface area contributed by atoms with Crippen LogP contribution >= 0.6 is 0 Å². The highest BCUT2D eigenvalue weighted by atomic mass is 16.1. The van der Waals surface area contributed by atoms with Crippen LogP contribution in [0, 0.1) is 0 Å². The molecule has 0 unspecified atom stereocenters. The lowest BCUT2D eigenvalue weighted by Crippen LogP contribution is -2.29. The fourth-order valence-corrected chi connectivity index (χ4v) is 2.16. The van der Waals surface area contributed by atoms with E-state index in [1.807, 2.05) is 0 Å². The third kappa shape index (κ3) is 2.27. The summed E-state index contributed by atoms with van der Waals surface area (Å²) in [6.45, 7) is 0.255. The number of aromatic nitrogens is 1. The lowest BCUT2D eigenvalue weighted by atomic mass is 9.94. The minimum absolute atomic E-state index is 0.0686. The van der Waals surface area contributed by atoms with E-state index < -0.39 is 5.91 Å². The van der Waals surface area contributed by atoms with Crippen molar-refractivity contribution in [3.05, 3.63) is 33.7 Å². The van der Waals surface area contributed by atoms with Crippen molar-refractivity contribution in [2.75, 3.05) is 0 Å². The highest BCUT2D eigenvalue weighted by Gasteiger charge is 2.20. The first-order valence-corrected chi connectivity index (χ1v) is 5.64. The van der Waals surface area contributed by atoms with E-state index in [9.17, 15) is 14.4 Å². The lowest BCUT2D eigenvalue weighted by molar-refractivity contribution is -0.118. The van der Waals surface area contributed by atoms with E-state index >= 15 is 0 Å². The van der Waals surface area contributed by atoms with E-state index in [1.165, 1.54) is 10.6 Å². The number of nitrogens with two attached hydrogens (primary N) is 1. The second-order valence-electron chi connectivity index (χ2n) is 4.18. The molecule has 0 aliphatic heterocycles. The van der Waals surface area contributed by atoms with Gasteiger partial charge >= 0.3 is 0 Å². The van der Waals surface area contributed by atoms with Gasteiger partial charge in [0.1, 0.15) is 0 Å². The fourth-order valence-electron chi connectivity index (χ4n) is 2.16. The summed E-state index contributed by atoms with van der Waals surface area (Å²) in [5.41, 5.74) is 6.25. The van der Waals surface area contributed by atoms with Crippen LogP contribution in [0.2, 0.25) is 0 Å². The van der Waals surface area contributed by atoms with Crippen LogP contribution in [0.1, 0.15) is 35.3 Å². The Morgan fingerprint density at radius 3 is 2.76 bits per heavy atom. The van der Waals surface area contributed by atoms with Crippen molar-refractivity contribution in [1.82, 2.24) is 4.57 Å². The molecule has 5 nitrogen and oxygen atoms in total. The Hall–Kier alpha value is -1.91. The Kier molecular flexibility index (Phi) is 3.08. The number of rotatable bonds is 3. The van der Waals surface area contributed by atoms with Crippen LogP contribution in [-0.2, 0) is 17.8 Å². The molecule has 0 bridgehead atoms. The standard InChI is InChI=1S/C12H14N2O3/c13-11(16)6-7-14-9-2-1-3-10(15)8(9)4-5-12(14)17/h4-5H,1-3,6-7H2,(H2,13,16). The average Bonchev–Trinajstić information content (AvgIpc) is 2.27. The first-order chi connectivity index (χ1) is 8.09. The van der Waals surface area contributed by atoms with Gasteiger partial charge in [0.25, 0.3) is 5.56 Å². The Bertz CT molecular complexity index is 531. The van der Waals surface area contributed by atoms with Gasteiger partial charge in [-0.15, -0.1) is 0 Å². The number of carbonyl (C=O) groups is 2. The predicted molar refractivity (Wildman–Crippen MR) is 61.8 cm³/mol. The van der Waals surface area contributed by atoms with E-state index in [2.05, 4.69) is 0 Å². The molecule has 5 heteroatoms. The molecule has 0 fully saturated rings. The first kappa shape index (κ1) is 11.6. The van der Waals surface area contributed by atoms with Crippen LogP contribution in [-0.4, -0.2) is 16.3 Å². The number of hydrogen-bond donors (Lipinski definition) is 1. The molecule has 1 aliphatic rings.